The minimum Gasteiger partial charge on any atom is -0.325 e. The Hall–Kier alpha value is -1.56. The molecule has 132 valence electrons. The van der Waals surface area contributed by atoms with Crippen LogP contribution in [0.2, 0.25) is 0 Å². The molecule has 0 spiro atoms. The van der Waals surface area contributed by atoms with Crippen LogP contribution in [0.4, 0.5) is 26.3 Å². The zero-order valence-electron chi connectivity index (χ0n) is 11.9. The molecule has 12 heteroatoms. The molecule has 0 atom stereocenters. The van der Waals surface area contributed by atoms with E-state index >= 15 is 0 Å². The van der Waals surface area contributed by atoms with E-state index in [4.69, 9.17) is 11.5 Å². The van der Waals surface area contributed by atoms with Crippen molar-refractivity contribution in [3.63, 3.8) is 0 Å². The smallest absolute Gasteiger partial charge is 0.314 e. The summed E-state index contributed by atoms with van der Waals surface area (Å²) in [5.41, 5.74) is 10.6. The molecule has 0 saturated carbocycles. The monoisotopic (exact) mass is 346 g/mol. The van der Waals surface area contributed by atoms with Gasteiger partial charge in [0.25, 0.3) is 11.8 Å². The van der Waals surface area contributed by atoms with Gasteiger partial charge in [0.1, 0.15) is 13.1 Å². The minimum absolute atomic E-state index is 0.330. The van der Waals surface area contributed by atoms with Crippen molar-refractivity contribution >= 4 is 12.7 Å². The second-order valence-electron chi connectivity index (χ2n) is 5.51. The number of nitrogens with two attached hydrogens (primary N) is 2. The van der Waals surface area contributed by atoms with Gasteiger partial charge in [-0.3, -0.25) is 15.7 Å². The van der Waals surface area contributed by atoms with Gasteiger partial charge in [-0.2, -0.15) is 8.78 Å². The van der Waals surface area contributed by atoms with Gasteiger partial charge in [-0.05, 0) is 0 Å². The van der Waals surface area contributed by atoms with Crippen molar-refractivity contribution in [2.24, 2.45) is 21.5 Å². The summed E-state index contributed by atoms with van der Waals surface area (Å²) in [4.78, 5) is 7.25. The summed E-state index contributed by atoms with van der Waals surface area (Å²) in [5.74, 6) is -13.9. The molecule has 23 heavy (non-hydrogen) atoms. The third-order valence-corrected chi connectivity index (χ3v) is 3.56. The molecule has 0 aromatic carbocycles. The number of nitrogens with zero attached hydrogens (tertiary/aromatic N) is 4. The van der Waals surface area contributed by atoms with Gasteiger partial charge in [-0.1, -0.05) is 0 Å². The van der Waals surface area contributed by atoms with Crippen LogP contribution in [0, 0.1) is 0 Å². The zero-order valence-corrected chi connectivity index (χ0v) is 11.9. The molecular formula is C11H16F6N6. The highest BCUT2D eigenvalue weighted by Crippen LogP contribution is 2.36. The molecule has 0 amide bonds. The normalized spacial score (nSPS) is 24.2. The Morgan fingerprint density at radius 2 is 1.35 bits per heavy atom. The summed E-state index contributed by atoms with van der Waals surface area (Å²) in [6.45, 7) is -5.57. The van der Waals surface area contributed by atoms with Crippen LogP contribution in [0.25, 0.3) is 0 Å². The van der Waals surface area contributed by atoms with E-state index in [1.165, 1.54) is 0 Å². The van der Waals surface area contributed by atoms with Crippen LogP contribution < -0.4 is 11.5 Å². The molecule has 2 rings (SSSR count). The molecule has 0 fully saturated rings. The van der Waals surface area contributed by atoms with E-state index in [1.54, 1.807) is 0 Å². The van der Waals surface area contributed by atoms with Crippen LogP contribution in [0.15, 0.2) is 9.98 Å². The fraction of sp³-hybridized carbons (Fsp3) is 0.818. The highest BCUT2D eigenvalue weighted by molar-refractivity contribution is 5.63. The average Bonchev–Trinajstić information content (AvgIpc) is 2.44. The van der Waals surface area contributed by atoms with Crippen LogP contribution in [0.3, 0.4) is 0 Å². The Kier molecular flexibility index (Phi) is 4.26. The van der Waals surface area contributed by atoms with Gasteiger partial charge in [0, 0.05) is 0 Å². The van der Waals surface area contributed by atoms with Crippen molar-refractivity contribution < 1.29 is 26.3 Å². The van der Waals surface area contributed by atoms with Gasteiger partial charge in [0.2, 0.25) is 5.79 Å². The fourth-order valence-corrected chi connectivity index (χ4v) is 2.38. The van der Waals surface area contributed by atoms with E-state index in [1.807, 2.05) is 0 Å². The summed E-state index contributed by atoms with van der Waals surface area (Å²) in [6.07, 6.45) is 1.39. The lowest BCUT2D eigenvalue weighted by molar-refractivity contribution is -0.198. The quantitative estimate of drug-likeness (QED) is 0.710. The van der Waals surface area contributed by atoms with Crippen molar-refractivity contribution in [2.75, 3.05) is 32.7 Å². The van der Waals surface area contributed by atoms with Crippen molar-refractivity contribution in [1.29, 1.82) is 0 Å². The molecule has 2 aliphatic rings. The number of aliphatic imine (C=N–C) groups is 2. The SMILES string of the molecule is NCC(F)(F)C(N)(N1C=NCC(F)(F)C1)N1C=NCC(F)(F)C1. The summed E-state index contributed by atoms with van der Waals surface area (Å²) in [7, 11) is 0. The third-order valence-electron chi connectivity index (χ3n) is 3.56. The van der Waals surface area contributed by atoms with E-state index in [2.05, 4.69) is 9.98 Å². The van der Waals surface area contributed by atoms with Gasteiger partial charge in [0.15, 0.2) is 0 Å². The van der Waals surface area contributed by atoms with Crippen molar-refractivity contribution in [3.8, 4) is 0 Å². The van der Waals surface area contributed by atoms with E-state index in [9.17, 15) is 26.3 Å². The Balaban J connectivity index is 2.45. The zero-order chi connectivity index (χ0) is 17.5. The van der Waals surface area contributed by atoms with Gasteiger partial charge < -0.3 is 15.5 Å². The van der Waals surface area contributed by atoms with Gasteiger partial charge >= 0.3 is 5.92 Å². The van der Waals surface area contributed by atoms with Crippen LogP contribution in [-0.2, 0) is 0 Å². The molecule has 0 aromatic heterocycles. The molecule has 6 nitrogen and oxygen atoms in total. The molecule has 0 saturated heterocycles. The maximum atomic E-state index is 14.3. The van der Waals surface area contributed by atoms with E-state index in [0.717, 1.165) is 0 Å². The van der Waals surface area contributed by atoms with Crippen LogP contribution in [0.1, 0.15) is 0 Å². The second kappa shape index (κ2) is 5.51. The number of rotatable bonds is 4. The molecule has 2 heterocycles. The lowest BCUT2D eigenvalue weighted by atomic mass is 10.1. The number of hydrogen-bond donors (Lipinski definition) is 2. The number of hydrogen-bond acceptors (Lipinski definition) is 6. The van der Waals surface area contributed by atoms with Crippen LogP contribution in [0.5, 0.6) is 0 Å². The largest absolute Gasteiger partial charge is 0.325 e. The Morgan fingerprint density at radius 1 is 0.957 bits per heavy atom. The third kappa shape index (κ3) is 3.22. The Bertz CT molecular complexity index is 473. The lowest BCUT2D eigenvalue weighted by Gasteiger charge is -2.52. The van der Waals surface area contributed by atoms with Crippen molar-refractivity contribution in [3.05, 3.63) is 0 Å². The van der Waals surface area contributed by atoms with Crippen molar-refractivity contribution in [1.82, 2.24) is 9.80 Å². The molecule has 0 aliphatic carbocycles. The molecule has 0 radical (unpaired) electrons. The number of alkyl halides is 6. The Morgan fingerprint density at radius 3 is 1.65 bits per heavy atom. The maximum absolute atomic E-state index is 14.3. The van der Waals surface area contributed by atoms with E-state index in [-0.39, 0.29) is 0 Å². The minimum atomic E-state index is -3.99. The highest BCUT2D eigenvalue weighted by Gasteiger charge is 2.61. The Labute approximate surface area is 127 Å². The predicted molar refractivity (Wildman–Crippen MR) is 70.9 cm³/mol. The van der Waals surface area contributed by atoms with Gasteiger partial charge in [-0.25, -0.2) is 17.6 Å². The summed E-state index contributed by atoms with van der Waals surface area (Å²) in [6, 6.07) is 0. The van der Waals surface area contributed by atoms with E-state index < -0.39 is 56.3 Å². The summed E-state index contributed by atoms with van der Waals surface area (Å²) in [5, 5.41) is 0. The van der Waals surface area contributed by atoms with Gasteiger partial charge in [0.05, 0.1) is 32.3 Å². The van der Waals surface area contributed by atoms with Gasteiger partial charge in [-0.15, -0.1) is 0 Å². The molecule has 0 bridgehead atoms. The standard InChI is InChI=1S/C11H16F6N6/c12-8(13)2-20-6-22(4-8)11(19,10(16,17)1-18)23-5-9(14,15)3-21-7-23/h6-7H,1-5,18-19H2. The molecule has 2 aliphatic heterocycles. The first-order valence-electron chi connectivity index (χ1n) is 6.59. The first-order chi connectivity index (χ1) is 10.4. The summed E-state index contributed by atoms with van der Waals surface area (Å²) < 4.78 is 82.7. The van der Waals surface area contributed by atoms with Crippen molar-refractivity contribution in [2.45, 2.75) is 23.6 Å². The predicted octanol–water partition coefficient (Wildman–Crippen LogP) is 0.151. The molecular weight excluding hydrogens is 330 g/mol. The molecule has 0 unspecified atom stereocenters. The van der Waals surface area contributed by atoms with E-state index in [0.29, 0.717) is 22.5 Å². The molecule has 4 N–H and O–H groups in total. The summed E-state index contributed by atoms with van der Waals surface area (Å²) >= 11 is 0. The first-order valence-corrected chi connectivity index (χ1v) is 6.59. The molecule has 0 aromatic rings. The topological polar surface area (TPSA) is 83.2 Å². The second-order valence-corrected chi connectivity index (χ2v) is 5.51. The lowest BCUT2D eigenvalue weighted by Crippen LogP contribution is -2.79. The highest BCUT2D eigenvalue weighted by atomic mass is 19.3. The average molecular weight is 346 g/mol. The van der Waals surface area contributed by atoms with Crippen LogP contribution >= 0.6 is 0 Å². The van der Waals surface area contributed by atoms with Crippen LogP contribution in [-0.4, -0.2) is 78.8 Å². The maximum Gasteiger partial charge on any atom is 0.314 e. The first kappa shape index (κ1) is 17.8. The fourth-order valence-electron chi connectivity index (χ4n) is 2.38. The number of halogens is 6.